The minimum atomic E-state index is -0.874. The van der Waals surface area contributed by atoms with Crippen molar-refractivity contribution < 1.29 is 42.5 Å². The second-order valence-corrected chi connectivity index (χ2v) is 7.80. The highest BCUT2D eigenvalue weighted by molar-refractivity contribution is 9.10. The highest BCUT2D eigenvalue weighted by Gasteiger charge is 2.34. The van der Waals surface area contributed by atoms with Crippen LogP contribution in [0.2, 0.25) is 0 Å². The molecule has 1 aliphatic rings. The molecule has 3 rings (SSSR count). The van der Waals surface area contributed by atoms with Crippen LogP contribution in [-0.4, -0.2) is 56.2 Å². The lowest BCUT2D eigenvalue weighted by Gasteiger charge is -2.16. The summed E-state index contributed by atoms with van der Waals surface area (Å²) in [5.74, 6) is -1.06. The van der Waals surface area contributed by atoms with Crippen LogP contribution in [0.15, 0.2) is 38.9 Å². The van der Waals surface area contributed by atoms with E-state index in [9.17, 15) is 19.2 Å². The van der Waals surface area contributed by atoms with Crippen LogP contribution in [0.5, 0.6) is 11.5 Å². The second kappa shape index (κ2) is 10.4. The Kier molecular flexibility index (Phi) is 7.61. The van der Waals surface area contributed by atoms with Gasteiger partial charge in [-0.15, -0.1) is 0 Å². The lowest BCUT2D eigenvalue weighted by molar-refractivity contribution is -0.148. The van der Waals surface area contributed by atoms with Crippen LogP contribution in [0.1, 0.15) is 28.8 Å². The fourth-order valence-electron chi connectivity index (χ4n) is 3.02. The summed E-state index contributed by atoms with van der Waals surface area (Å²) in [6.45, 7) is 1.35. The summed E-state index contributed by atoms with van der Waals surface area (Å²) in [5.41, 5.74) is 0.524. The Hall–Kier alpha value is -3.80. The number of rotatable bonds is 8. The number of nitrogens with one attached hydrogen (secondary N) is 1. The van der Waals surface area contributed by atoms with Gasteiger partial charge in [0.05, 0.1) is 27.9 Å². The summed E-state index contributed by atoms with van der Waals surface area (Å²) in [6.07, 6.45) is 0.586. The first-order valence-electron chi connectivity index (χ1n) is 9.82. The van der Waals surface area contributed by atoms with Crippen molar-refractivity contribution in [1.29, 1.82) is 0 Å². The molecule has 1 fully saturated rings. The Bertz CT molecular complexity index is 1170. The maximum absolute atomic E-state index is 12.8. The molecule has 3 amide bonds. The Morgan fingerprint density at radius 2 is 1.88 bits per heavy atom. The molecule has 1 aliphatic heterocycles. The van der Waals surface area contributed by atoms with E-state index in [0.29, 0.717) is 15.8 Å². The van der Waals surface area contributed by atoms with E-state index in [-0.39, 0.29) is 29.5 Å². The molecule has 180 valence electrons. The Balaban J connectivity index is 1.82. The molecule has 0 spiro atoms. The van der Waals surface area contributed by atoms with Crippen LogP contribution in [0.25, 0.3) is 6.08 Å². The third kappa shape index (κ3) is 5.22. The van der Waals surface area contributed by atoms with Gasteiger partial charge in [0.1, 0.15) is 11.5 Å². The highest BCUT2D eigenvalue weighted by atomic mass is 79.9. The molecular weight excluding hydrogens is 516 g/mol. The molecule has 0 radical (unpaired) electrons. The number of amides is 3. The van der Waals surface area contributed by atoms with Crippen molar-refractivity contribution in [3.8, 4) is 11.5 Å². The molecule has 0 unspecified atom stereocenters. The Morgan fingerprint density at radius 1 is 1.15 bits per heavy atom. The van der Waals surface area contributed by atoms with Crippen molar-refractivity contribution in [2.45, 2.75) is 19.6 Å². The molecule has 11 nitrogen and oxygen atoms in total. The van der Waals surface area contributed by atoms with Gasteiger partial charge in [0.15, 0.2) is 17.6 Å². The van der Waals surface area contributed by atoms with Gasteiger partial charge in [-0.1, -0.05) is 15.9 Å². The molecule has 1 N–H and O–H groups in total. The summed E-state index contributed by atoms with van der Waals surface area (Å²) >= 11 is 3.40. The van der Waals surface area contributed by atoms with E-state index in [2.05, 4.69) is 30.7 Å². The molecule has 1 atom stereocenters. The lowest BCUT2D eigenvalue weighted by Crippen LogP contribution is -2.30. The molecule has 0 bridgehead atoms. The average Bonchev–Trinajstić information content (AvgIpc) is 3.39. The maximum Gasteiger partial charge on any atom is 0.373 e. The Morgan fingerprint density at radius 3 is 2.53 bits per heavy atom. The molecule has 12 heteroatoms. The number of ether oxygens (including phenoxy) is 4. The van der Waals surface area contributed by atoms with E-state index < -0.39 is 30.0 Å². The molecule has 1 aromatic heterocycles. The number of furan rings is 1. The summed E-state index contributed by atoms with van der Waals surface area (Å²) in [5, 5.41) is 2.51. The van der Waals surface area contributed by atoms with E-state index in [0.717, 1.165) is 4.90 Å². The number of benzene rings is 1. The SMILES string of the molecule is COC(=O)c1ccc(CN2C(=O)N/C(=C\c3cc(OC)c(O[C@@H](C)C(=O)OC)cc3Br)C2=O)o1. The van der Waals surface area contributed by atoms with Crippen LogP contribution in [-0.2, 0) is 25.6 Å². The zero-order valence-corrected chi connectivity index (χ0v) is 20.3. The smallest absolute Gasteiger partial charge is 0.373 e. The van der Waals surface area contributed by atoms with Gasteiger partial charge in [-0.25, -0.2) is 14.4 Å². The van der Waals surface area contributed by atoms with Gasteiger partial charge in [-0.2, -0.15) is 0 Å². The minimum Gasteiger partial charge on any atom is -0.493 e. The number of carbonyl (C=O) groups is 4. The molecule has 2 aromatic rings. The zero-order chi connectivity index (χ0) is 25.0. The molecule has 1 saturated heterocycles. The van der Waals surface area contributed by atoms with Gasteiger partial charge >= 0.3 is 18.0 Å². The van der Waals surface area contributed by atoms with Crippen molar-refractivity contribution in [3.63, 3.8) is 0 Å². The summed E-state index contributed by atoms with van der Waals surface area (Å²) in [7, 11) is 3.89. The second-order valence-electron chi connectivity index (χ2n) is 6.94. The van der Waals surface area contributed by atoms with Crippen molar-refractivity contribution in [3.05, 3.63) is 51.5 Å². The third-order valence-corrected chi connectivity index (χ3v) is 5.43. The van der Waals surface area contributed by atoms with E-state index in [1.807, 2.05) is 0 Å². The predicted octanol–water partition coefficient (Wildman–Crippen LogP) is 2.87. The number of urea groups is 1. The predicted molar refractivity (Wildman–Crippen MR) is 120 cm³/mol. The van der Waals surface area contributed by atoms with Gasteiger partial charge < -0.3 is 28.7 Å². The van der Waals surface area contributed by atoms with E-state index in [1.165, 1.54) is 46.5 Å². The first kappa shape index (κ1) is 24.8. The van der Waals surface area contributed by atoms with Gasteiger partial charge in [-0.05, 0) is 42.8 Å². The summed E-state index contributed by atoms with van der Waals surface area (Å²) < 4.78 is 26.0. The number of esters is 2. The van der Waals surface area contributed by atoms with Crippen LogP contribution in [0.3, 0.4) is 0 Å². The number of methoxy groups -OCH3 is 3. The first-order chi connectivity index (χ1) is 16.2. The summed E-state index contributed by atoms with van der Waals surface area (Å²) in [4.78, 5) is 49.3. The monoisotopic (exact) mass is 536 g/mol. The zero-order valence-electron chi connectivity index (χ0n) is 18.7. The first-order valence-corrected chi connectivity index (χ1v) is 10.6. The fraction of sp³-hybridized carbons (Fsp3) is 0.273. The van der Waals surface area contributed by atoms with Crippen LogP contribution in [0.4, 0.5) is 4.79 Å². The van der Waals surface area contributed by atoms with E-state index in [1.54, 1.807) is 12.1 Å². The maximum atomic E-state index is 12.8. The standard InChI is InChI=1S/C22H21BrN2O9/c1-11(20(27)31-3)33-18-9-14(23)12(8-17(18)30-2)7-15-19(26)25(22(29)24-15)10-13-5-6-16(34-13)21(28)32-4/h5-9,11H,10H2,1-4H3,(H,24,29)/b15-7-/t11-/m0/s1. The van der Waals surface area contributed by atoms with Crippen molar-refractivity contribution in [1.82, 2.24) is 10.2 Å². The largest absolute Gasteiger partial charge is 0.493 e. The molecule has 0 aliphatic carbocycles. The number of imide groups is 1. The quantitative estimate of drug-likeness (QED) is 0.307. The highest BCUT2D eigenvalue weighted by Crippen LogP contribution is 2.35. The number of hydrogen-bond donors (Lipinski definition) is 1. The molecule has 34 heavy (non-hydrogen) atoms. The Labute approximate surface area is 202 Å². The van der Waals surface area contributed by atoms with E-state index in [4.69, 9.17) is 13.9 Å². The summed E-state index contributed by atoms with van der Waals surface area (Å²) in [6, 6.07) is 5.37. The normalized spacial score (nSPS) is 15.2. The van der Waals surface area contributed by atoms with Crippen LogP contribution >= 0.6 is 15.9 Å². The average molecular weight is 537 g/mol. The number of halogens is 1. The van der Waals surface area contributed by atoms with E-state index >= 15 is 0 Å². The number of nitrogens with zero attached hydrogens (tertiary/aromatic N) is 1. The van der Waals surface area contributed by atoms with Gasteiger partial charge in [0, 0.05) is 4.47 Å². The van der Waals surface area contributed by atoms with Gasteiger partial charge in [0.25, 0.3) is 5.91 Å². The van der Waals surface area contributed by atoms with Gasteiger partial charge in [-0.3, -0.25) is 9.69 Å². The molecule has 2 heterocycles. The number of hydrogen-bond acceptors (Lipinski definition) is 9. The minimum absolute atomic E-state index is 0.0177. The molecule has 0 saturated carbocycles. The topological polar surface area (TPSA) is 134 Å². The van der Waals surface area contributed by atoms with Crippen molar-refractivity contribution >= 4 is 45.9 Å². The number of carbonyl (C=O) groups excluding carboxylic acids is 4. The van der Waals surface area contributed by atoms with Crippen molar-refractivity contribution in [2.75, 3.05) is 21.3 Å². The van der Waals surface area contributed by atoms with Crippen molar-refractivity contribution in [2.24, 2.45) is 0 Å². The van der Waals surface area contributed by atoms with Crippen LogP contribution in [0, 0.1) is 0 Å². The third-order valence-electron chi connectivity index (χ3n) is 4.74. The van der Waals surface area contributed by atoms with Crippen LogP contribution < -0.4 is 14.8 Å². The molecular formula is C22H21BrN2O9. The lowest BCUT2D eigenvalue weighted by atomic mass is 10.1. The van der Waals surface area contributed by atoms with Gasteiger partial charge in [0.2, 0.25) is 5.76 Å². The fourth-order valence-corrected chi connectivity index (χ4v) is 3.45. The molecule has 1 aromatic carbocycles.